The highest BCUT2D eigenvalue weighted by Gasteiger charge is 2.38. The van der Waals surface area contributed by atoms with E-state index in [0.29, 0.717) is 12.5 Å². The smallest absolute Gasteiger partial charge is 0.286 e. The number of rotatable bonds is 5. The fourth-order valence-corrected chi connectivity index (χ4v) is 5.87. The van der Waals surface area contributed by atoms with Gasteiger partial charge in [0.2, 0.25) is 11.8 Å². The number of hydrogen-bond acceptors (Lipinski definition) is 6. The lowest BCUT2D eigenvalue weighted by atomic mass is 9.83. The maximum Gasteiger partial charge on any atom is 0.286 e. The van der Waals surface area contributed by atoms with Crippen LogP contribution < -0.4 is 5.32 Å². The first kappa shape index (κ1) is 19.9. The summed E-state index contributed by atoms with van der Waals surface area (Å²) in [7, 11) is 1.82. The predicted molar refractivity (Wildman–Crippen MR) is 107 cm³/mol. The number of carbonyl (C=O) groups is 3. The van der Waals surface area contributed by atoms with Crippen molar-refractivity contribution in [3.8, 4) is 0 Å². The molecule has 2 aliphatic heterocycles. The molecule has 4 aliphatic rings. The van der Waals surface area contributed by atoms with Crippen molar-refractivity contribution in [3.63, 3.8) is 0 Å². The molecule has 0 bridgehead atoms. The molecule has 3 unspecified atom stereocenters. The molecule has 28 heavy (non-hydrogen) atoms. The molecule has 0 radical (unpaired) electrons. The van der Waals surface area contributed by atoms with E-state index in [1.165, 1.54) is 0 Å². The van der Waals surface area contributed by atoms with Crippen LogP contribution in [0.2, 0.25) is 0 Å². The van der Waals surface area contributed by atoms with Gasteiger partial charge in [-0.25, -0.2) is 0 Å². The summed E-state index contributed by atoms with van der Waals surface area (Å²) in [5.74, 6) is 1.36. The SMILES string of the molecule is CN1C(=O)C2CCCCC2N=C1COC1CCC(CC2SC(=O)NC2=O)CC1. The van der Waals surface area contributed by atoms with E-state index in [2.05, 4.69) is 5.32 Å². The number of imide groups is 1. The van der Waals surface area contributed by atoms with E-state index in [0.717, 1.165) is 75.4 Å². The van der Waals surface area contributed by atoms with Crippen LogP contribution >= 0.6 is 11.8 Å². The Kier molecular flexibility index (Phi) is 6.06. The Morgan fingerprint density at radius 3 is 2.57 bits per heavy atom. The second-order valence-corrected chi connectivity index (χ2v) is 9.65. The highest BCUT2D eigenvalue weighted by atomic mass is 32.2. The van der Waals surface area contributed by atoms with Gasteiger partial charge >= 0.3 is 0 Å². The standard InChI is InChI=1S/C20H29N3O4S/c1-23-17(21-15-5-3-2-4-14(15)19(23)25)11-27-13-8-6-12(7-9-13)10-16-18(24)22-20(26)28-16/h12-16H,2-11H2,1H3,(H,22,24,26). The molecule has 4 rings (SSSR count). The molecule has 2 saturated carbocycles. The summed E-state index contributed by atoms with van der Waals surface area (Å²) in [4.78, 5) is 42.2. The summed E-state index contributed by atoms with van der Waals surface area (Å²) in [5.41, 5.74) is 0. The first-order chi connectivity index (χ1) is 13.5. The maximum atomic E-state index is 12.6. The van der Waals surface area contributed by atoms with Crippen LogP contribution in [-0.2, 0) is 14.3 Å². The van der Waals surface area contributed by atoms with Crippen LogP contribution in [-0.4, -0.2) is 58.8 Å². The molecule has 1 N–H and O–H groups in total. The van der Waals surface area contributed by atoms with Gasteiger partial charge in [0.15, 0.2) is 0 Å². The molecule has 2 heterocycles. The van der Waals surface area contributed by atoms with Gasteiger partial charge in [-0.15, -0.1) is 0 Å². The molecule has 154 valence electrons. The van der Waals surface area contributed by atoms with Crippen molar-refractivity contribution in [3.05, 3.63) is 0 Å². The number of ether oxygens (including phenoxy) is 1. The Balaban J connectivity index is 1.24. The van der Waals surface area contributed by atoms with Gasteiger partial charge in [-0.3, -0.25) is 24.7 Å². The summed E-state index contributed by atoms with van der Waals surface area (Å²) in [6.07, 6.45) is 9.11. The predicted octanol–water partition coefficient (Wildman–Crippen LogP) is 2.73. The fraction of sp³-hybridized carbons (Fsp3) is 0.800. The summed E-state index contributed by atoms with van der Waals surface area (Å²) in [6, 6.07) is 0.143. The van der Waals surface area contributed by atoms with Crippen molar-refractivity contribution >= 4 is 34.7 Å². The molecule has 0 aromatic rings. The van der Waals surface area contributed by atoms with Gasteiger partial charge in [0.05, 0.1) is 23.3 Å². The molecule has 3 fully saturated rings. The average Bonchev–Trinajstić information content (AvgIpc) is 3.01. The number of nitrogens with one attached hydrogen (secondary N) is 1. The third kappa shape index (κ3) is 4.27. The molecule has 0 spiro atoms. The second-order valence-electron chi connectivity index (χ2n) is 8.47. The normalized spacial score (nSPS) is 36.2. The first-order valence-electron chi connectivity index (χ1n) is 10.5. The van der Waals surface area contributed by atoms with Crippen LogP contribution in [0.1, 0.15) is 57.8 Å². The van der Waals surface area contributed by atoms with Crippen molar-refractivity contribution in [1.82, 2.24) is 10.2 Å². The molecule has 2 aliphatic carbocycles. The van der Waals surface area contributed by atoms with Crippen molar-refractivity contribution in [2.24, 2.45) is 16.8 Å². The number of carbonyl (C=O) groups excluding carboxylic acids is 3. The topological polar surface area (TPSA) is 88.1 Å². The summed E-state index contributed by atoms with van der Waals surface area (Å²) in [5, 5.41) is 1.91. The van der Waals surface area contributed by atoms with E-state index in [1.807, 2.05) is 7.05 Å². The first-order valence-corrected chi connectivity index (χ1v) is 11.4. The maximum absolute atomic E-state index is 12.6. The van der Waals surface area contributed by atoms with E-state index >= 15 is 0 Å². The number of amides is 3. The number of amidine groups is 1. The summed E-state index contributed by atoms with van der Waals surface area (Å²) < 4.78 is 6.11. The molecule has 3 amide bonds. The highest BCUT2D eigenvalue weighted by Crippen LogP contribution is 2.35. The van der Waals surface area contributed by atoms with E-state index in [-0.39, 0.29) is 40.4 Å². The molecule has 0 aromatic heterocycles. The van der Waals surface area contributed by atoms with E-state index in [4.69, 9.17) is 9.73 Å². The monoisotopic (exact) mass is 407 g/mol. The summed E-state index contributed by atoms with van der Waals surface area (Å²) >= 11 is 1.12. The van der Waals surface area contributed by atoms with Crippen LogP contribution in [0.3, 0.4) is 0 Å². The average molecular weight is 408 g/mol. The van der Waals surface area contributed by atoms with Crippen LogP contribution in [0.4, 0.5) is 4.79 Å². The fourth-order valence-electron chi connectivity index (χ4n) is 4.92. The number of fused-ring (bicyclic) bond motifs is 1. The van der Waals surface area contributed by atoms with Crippen LogP contribution in [0.5, 0.6) is 0 Å². The van der Waals surface area contributed by atoms with Crippen molar-refractivity contribution in [2.45, 2.75) is 75.2 Å². The van der Waals surface area contributed by atoms with Gasteiger partial charge in [0.1, 0.15) is 12.4 Å². The number of thioether (sulfide) groups is 1. The number of aliphatic imine (C=N–C) groups is 1. The Labute approximate surface area is 170 Å². The van der Waals surface area contributed by atoms with Crippen molar-refractivity contribution in [1.29, 1.82) is 0 Å². The van der Waals surface area contributed by atoms with E-state index in [1.54, 1.807) is 4.90 Å². The zero-order valence-electron chi connectivity index (χ0n) is 16.4. The lowest BCUT2D eigenvalue weighted by molar-refractivity contribution is -0.133. The van der Waals surface area contributed by atoms with Gasteiger partial charge in [0, 0.05) is 7.05 Å². The van der Waals surface area contributed by atoms with Gasteiger partial charge < -0.3 is 9.64 Å². The molecule has 7 nitrogen and oxygen atoms in total. The van der Waals surface area contributed by atoms with Crippen LogP contribution in [0.15, 0.2) is 4.99 Å². The minimum Gasteiger partial charge on any atom is -0.370 e. The molecule has 8 heteroatoms. The number of hydrogen-bond donors (Lipinski definition) is 1. The van der Waals surface area contributed by atoms with Gasteiger partial charge in [-0.05, 0) is 50.9 Å². The lowest BCUT2D eigenvalue weighted by Gasteiger charge is -2.37. The Morgan fingerprint density at radius 2 is 1.86 bits per heavy atom. The molecule has 3 atom stereocenters. The largest absolute Gasteiger partial charge is 0.370 e. The molecular formula is C20H29N3O4S. The molecule has 1 saturated heterocycles. The lowest BCUT2D eigenvalue weighted by Crippen LogP contribution is -2.49. The Bertz CT molecular complexity index is 674. The van der Waals surface area contributed by atoms with E-state index < -0.39 is 0 Å². The Morgan fingerprint density at radius 1 is 1.11 bits per heavy atom. The third-order valence-electron chi connectivity index (χ3n) is 6.64. The molecule has 0 aromatic carbocycles. The van der Waals surface area contributed by atoms with Crippen LogP contribution in [0, 0.1) is 11.8 Å². The van der Waals surface area contributed by atoms with Crippen molar-refractivity contribution in [2.75, 3.05) is 13.7 Å². The quantitative estimate of drug-likeness (QED) is 0.757. The van der Waals surface area contributed by atoms with E-state index in [9.17, 15) is 14.4 Å². The van der Waals surface area contributed by atoms with Gasteiger partial charge in [0.25, 0.3) is 5.24 Å². The van der Waals surface area contributed by atoms with Gasteiger partial charge in [-0.2, -0.15) is 0 Å². The highest BCUT2D eigenvalue weighted by molar-refractivity contribution is 8.15. The summed E-state index contributed by atoms with van der Waals surface area (Å²) in [6.45, 7) is 0.399. The zero-order valence-corrected chi connectivity index (χ0v) is 17.2. The van der Waals surface area contributed by atoms with Crippen LogP contribution in [0.25, 0.3) is 0 Å². The zero-order chi connectivity index (χ0) is 19.7. The second kappa shape index (κ2) is 8.53. The number of nitrogens with zero attached hydrogens (tertiary/aromatic N) is 2. The number of likely N-dealkylation sites (N-methyl/N-ethyl adjacent to an activating group) is 1. The third-order valence-corrected chi connectivity index (χ3v) is 7.64. The minimum atomic E-state index is -0.227. The van der Waals surface area contributed by atoms with Crippen molar-refractivity contribution < 1.29 is 19.1 Å². The van der Waals surface area contributed by atoms with Gasteiger partial charge in [-0.1, -0.05) is 24.6 Å². The minimum absolute atomic E-state index is 0.0653. The Hall–Kier alpha value is -1.41. The molecular weight excluding hydrogens is 378 g/mol.